The second-order valence-electron chi connectivity index (χ2n) is 4.29. The molecule has 0 N–H and O–H groups in total. The maximum Gasteiger partial charge on any atom is 0.340 e. The molecule has 2 aromatic rings. The molecule has 0 saturated carbocycles. The Hall–Kier alpha value is -1.84. The minimum absolute atomic E-state index is 0.418. The molecule has 0 aromatic heterocycles. The fourth-order valence-corrected chi connectivity index (χ4v) is 1.90. The van der Waals surface area contributed by atoms with E-state index in [1.807, 2.05) is 30.3 Å². The third-order valence-electron chi connectivity index (χ3n) is 2.84. The van der Waals surface area contributed by atoms with Gasteiger partial charge in [0, 0.05) is 18.6 Å². The van der Waals surface area contributed by atoms with Crippen LogP contribution in [-0.2, 0) is 16.0 Å². The van der Waals surface area contributed by atoms with Gasteiger partial charge in [-0.15, -0.1) is 0 Å². The molecule has 20 heavy (non-hydrogen) atoms. The van der Waals surface area contributed by atoms with Crippen LogP contribution in [0.4, 0.5) is 0 Å². The summed E-state index contributed by atoms with van der Waals surface area (Å²) in [6, 6.07) is 16.3. The van der Waals surface area contributed by atoms with E-state index in [-0.39, 0.29) is 0 Å². The minimum Gasteiger partial charge on any atom is -0.425 e. The molecule has 2 aromatic carbocycles. The smallest absolute Gasteiger partial charge is 0.340 e. The largest absolute Gasteiger partial charge is 0.425 e. The van der Waals surface area contributed by atoms with E-state index in [0.29, 0.717) is 17.2 Å². The quantitative estimate of drug-likeness (QED) is 0.624. The minimum atomic E-state index is -0.631. The number of ether oxygens (including phenoxy) is 2. The molecule has 0 saturated heterocycles. The molecule has 0 radical (unpaired) electrons. The first-order valence-electron chi connectivity index (χ1n) is 6.23. The van der Waals surface area contributed by atoms with Crippen LogP contribution >= 0.6 is 11.6 Å². The second-order valence-corrected chi connectivity index (χ2v) is 4.73. The number of esters is 1. The van der Waals surface area contributed by atoms with Crippen LogP contribution < -0.4 is 4.74 Å². The Morgan fingerprint density at radius 2 is 1.75 bits per heavy atom. The van der Waals surface area contributed by atoms with Crippen LogP contribution in [0.15, 0.2) is 54.6 Å². The Morgan fingerprint density at radius 3 is 2.35 bits per heavy atom. The van der Waals surface area contributed by atoms with Crippen LogP contribution in [-0.4, -0.2) is 19.2 Å². The fraction of sp³-hybridized carbons (Fsp3) is 0.188. The van der Waals surface area contributed by atoms with Gasteiger partial charge in [-0.1, -0.05) is 41.9 Å². The van der Waals surface area contributed by atoms with Gasteiger partial charge in [-0.05, 0) is 29.8 Å². The Bertz CT molecular complexity index is 552. The summed E-state index contributed by atoms with van der Waals surface area (Å²) in [5.74, 6) is 0.0354. The summed E-state index contributed by atoms with van der Waals surface area (Å²) in [5.41, 5.74) is 1.02. The van der Waals surface area contributed by atoms with Gasteiger partial charge in [-0.3, -0.25) is 0 Å². The number of methoxy groups -OCH3 is 1. The third-order valence-corrected chi connectivity index (χ3v) is 3.10. The molecular weight excluding hydrogens is 276 g/mol. The van der Waals surface area contributed by atoms with Gasteiger partial charge in [-0.25, -0.2) is 4.79 Å². The number of halogens is 1. The van der Waals surface area contributed by atoms with Crippen molar-refractivity contribution in [2.75, 3.05) is 7.11 Å². The molecule has 0 aliphatic rings. The average Bonchev–Trinajstić information content (AvgIpc) is 2.48. The van der Waals surface area contributed by atoms with E-state index < -0.39 is 12.1 Å². The van der Waals surface area contributed by atoms with Crippen LogP contribution in [0.2, 0.25) is 5.02 Å². The van der Waals surface area contributed by atoms with Gasteiger partial charge in [-0.2, -0.15) is 0 Å². The van der Waals surface area contributed by atoms with Crippen molar-refractivity contribution in [1.82, 2.24) is 0 Å². The van der Waals surface area contributed by atoms with Gasteiger partial charge in [0.2, 0.25) is 0 Å². The Kier molecular flexibility index (Phi) is 5.16. The number of hydrogen-bond donors (Lipinski definition) is 0. The molecule has 0 bridgehead atoms. The molecule has 2 rings (SSSR count). The highest BCUT2D eigenvalue weighted by Gasteiger charge is 2.20. The number of benzene rings is 2. The van der Waals surface area contributed by atoms with E-state index in [1.54, 1.807) is 24.3 Å². The van der Waals surface area contributed by atoms with Crippen molar-refractivity contribution in [3.8, 4) is 5.75 Å². The van der Waals surface area contributed by atoms with Gasteiger partial charge in [0.15, 0.2) is 6.10 Å². The monoisotopic (exact) mass is 290 g/mol. The molecule has 0 fully saturated rings. The zero-order valence-corrected chi connectivity index (χ0v) is 11.8. The molecular formula is C16H15ClO3. The summed E-state index contributed by atoms with van der Waals surface area (Å²) in [4.78, 5) is 12.1. The molecule has 0 amide bonds. The van der Waals surface area contributed by atoms with Crippen molar-refractivity contribution >= 4 is 17.6 Å². The standard InChI is InChI=1S/C16H15ClO3/c1-19-15(11-12-5-3-2-4-6-12)16(18)20-14-9-7-13(17)8-10-14/h2-10,15H,11H2,1H3/t15-/m0/s1. The van der Waals surface area contributed by atoms with Crippen LogP contribution in [0, 0.1) is 0 Å². The van der Waals surface area contributed by atoms with Crippen LogP contribution in [0.5, 0.6) is 5.75 Å². The van der Waals surface area contributed by atoms with E-state index in [9.17, 15) is 4.79 Å². The van der Waals surface area contributed by atoms with Crippen molar-refractivity contribution in [1.29, 1.82) is 0 Å². The second kappa shape index (κ2) is 7.08. The molecule has 0 heterocycles. The first kappa shape index (κ1) is 14.6. The fourth-order valence-electron chi connectivity index (χ4n) is 1.78. The van der Waals surface area contributed by atoms with Gasteiger partial charge < -0.3 is 9.47 Å². The zero-order valence-electron chi connectivity index (χ0n) is 11.1. The number of carbonyl (C=O) groups is 1. The predicted octanol–water partition coefficient (Wildman–Crippen LogP) is 3.50. The van der Waals surface area contributed by atoms with E-state index >= 15 is 0 Å². The molecule has 0 spiro atoms. The summed E-state index contributed by atoms with van der Waals surface area (Å²) in [6.45, 7) is 0. The van der Waals surface area contributed by atoms with E-state index in [4.69, 9.17) is 21.1 Å². The number of rotatable bonds is 5. The first-order valence-corrected chi connectivity index (χ1v) is 6.61. The number of carbonyl (C=O) groups excluding carboxylic acids is 1. The first-order chi connectivity index (χ1) is 9.69. The SMILES string of the molecule is CO[C@@H](Cc1ccccc1)C(=O)Oc1ccc(Cl)cc1. The molecule has 0 aliphatic heterocycles. The number of hydrogen-bond acceptors (Lipinski definition) is 3. The normalized spacial score (nSPS) is 11.9. The van der Waals surface area contributed by atoms with Crippen molar-refractivity contribution < 1.29 is 14.3 Å². The van der Waals surface area contributed by atoms with E-state index in [2.05, 4.69) is 0 Å². The van der Waals surface area contributed by atoms with Gasteiger partial charge in [0.05, 0.1) is 0 Å². The molecule has 0 unspecified atom stereocenters. The molecule has 0 aliphatic carbocycles. The lowest BCUT2D eigenvalue weighted by atomic mass is 10.1. The molecule has 3 nitrogen and oxygen atoms in total. The predicted molar refractivity (Wildman–Crippen MR) is 78.0 cm³/mol. The summed E-state index contributed by atoms with van der Waals surface area (Å²) >= 11 is 5.78. The zero-order chi connectivity index (χ0) is 14.4. The van der Waals surface area contributed by atoms with Gasteiger partial charge >= 0.3 is 5.97 Å². The molecule has 1 atom stereocenters. The van der Waals surface area contributed by atoms with Crippen molar-refractivity contribution in [3.05, 3.63) is 65.2 Å². The summed E-state index contributed by atoms with van der Waals surface area (Å²) in [6.07, 6.45) is -0.155. The van der Waals surface area contributed by atoms with Crippen molar-refractivity contribution in [2.45, 2.75) is 12.5 Å². The molecule has 4 heteroatoms. The van der Waals surface area contributed by atoms with E-state index in [0.717, 1.165) is 5.56 Å². The average molecular weight is 291 g/mol. The van der Waals surface area contributed by atoms with Crippen LogP contribution in [0.3, 0.4) is 0 Å². The highest BCUT2D eigenvalue weighted by molar-refractivity contribution is 6.30. The Labute approximate surface area is 123 Å². The topological polar surface area (TPSA) is 35.5 Å². The Balaban J connectivity index is 2.00. The lowest BCUT2D eigenvalue weighted by Gasteiger charge is -2.14. The highest BCUT2D eigenvalue weighted by atomic mass is 35.5. The summed E-state index contributed by atoms with van der Waals surface area (Å²) in [7, 11) is 1.50. The summed E-state index contributed by atoms with van der Waals surface area (Å²) in [5, 5.41) is 0.595. The van der Waals surface area contributed by atoms with Crippen molar-refractivity contribution in [2.24, 2.45) is 0 Å². The Morgan fingerprint density at radius 1 is 1.10 bits per heavy atom. The third kappa shape index (κ3) is 4.08. The highest BCUT2D eigenvalue weighted by Crippen LogP contribution is 2.17. The van der Waals surface area contributed by atoms with Crippen LogP contribution in [0.1, 0.15) is 5.56 Å². The van der Waals surface area contributed by atoms with E-state index in [1.165, 1.54) is 7.11 Å². The lowest BCUT2D eigenvalue weighted by molar-refractivity contribution is -0.145. The maximum absolute atomic E-state index is 12.1. The van der Waals surface area contributed by atoms with Gasteiger partial charge in [0.1, 0.15) is 5.75 Å². The van der Waals surface area contributed by atoms with Crippen molar-refractivity contribution in [3.63, 3.8) is 0 Å². The lowest BCUT2D eigenvalue weighted by Crippen LogP contribution is -2.29. The summed E-state index contributed by atoms with van der Waals surface area (Å²) < 4.78 is 10.5. The van der Waals surface area contributed by atoms with Crippen LogP contribution in [0.25, 0.3) is 0 Å². The molecule has 104 valence electrons. The van der Waals surface area contributed by atoms with Gasteiger partial charge in [0.25, 0.3) is 0 Å². The maximum atomic E-state index is 12.1.